The molecule has 0 radical (unpaired) electrons. The molecule has 2 nitrogen and oxygen atoms in total. The minimum atomic E-state index is -0.247. The molecule has 0 heterocycles. The van der Waals surface area contributed by atoms with Crippen LogP contribution in [0.4, 0.5) is 0 Å². The Bertz CT molecular complexity index is 811. The van der Waals surface area contributed by atoms with E-state index in [0.29, 0.717) is 6.54 Å². The van der Waals surface area contributed by atoms with Crippen LogP contribution in [-0.2, 0) is 6.54 Å². The first kappa shape index (κ1) is 17.9. The Morgan fingerprint density at radius 3 is 2.40 bits per heavy atom. The van der Waals surface area contributed by atoms with Crippen molar-refractivity contribution in [2.24, 2.45) is 0 Å². The van der Waals surface area contributed by atoms with E-state index in [-0.39, 0.29) is 6.10 Å². The molecule has 2 N–H and O–H groups in total. The Morgan fingerprint density at radius 2 is 1.60 bits per heavy atom. The van der Waals surface area contributed by atoms with Gasteiger partial charge in [0.15, 0.2) is 0 Å². The maximum Gasteiger partial charge on any atom is 0.0664 e. The maximum atomic E-state index is 10.1. The van der Waals surface area contributed by atoms with E-state index in [0.717, 1.165) is 19.4 Å². The van der Waals surface area contributed by atoms with Gasteiger partial charge in [-0.2, -0.15) is 0 Å². The Balaban J connectivity index is 1.67. The summed E-state index contributed by atoms with van der Waals surface area (Å²) in [6, 6.07) is 19.4. The van der Waals surface area contributed by atoms with E-state index in [1.165, 1.54) is 46.4 Å². The second kappa shape index (κ2) is 8.98. The minimum absolute atomic E-state index is 0.247. The third kappa shape index (κ3) is 4.59. The maximum absolute atomic E-state index is 10.1. The molecule has 0 aliphatic rings. The van der Waals surface area contributed by atoms with Gasteiger partial charge in [0, 0.05) is 13.1 Å². The van der Waals surface area contributed by atoms with Crippen LogP contribution in [0.5, 0.6) is 0 Å². The normalized spacial score (nSPS) is 12.7. The molecule has 0 fully saturated rings. The quantitative estimate of drug-likeness (QED) is 0.404. The zero-order valence-corrected chi connectivity index (χ0v) is 15.2. The van der Waals surface area contributed by atoms with Crippen LogP contribution in [0.3, 0.4) is 0 Å². The predicted molar refractivity (Wildman–Crippen MR) is 108 cm³/mol. The van der Waals surface area contributed by atoms with Gasteiger partial charge in [-0.1, -0.05) is 81.1 Å². The molecule has 2 heteroatoms. The van der Waals surface area contributed by atoms with Crippen molar-refractivity contribution < 1.29 is 5.11 Å². The first-order valence-electron chi connectivity index (χ1n) is 9.57. The zero-order valence-electron chi connectivity index (χ0n) is 15.2. The number of unbranched alkanes of at least 4 members (excludes halogenated alkanes) is 3. The van der Waals surface area contributed by atoms with Crippen molar-refractivity contribution in [1.82, 2.24) is 5.32 Å². The highest BCUT2D eigenvalue weighted by molar-refractivity contribution is 6.08. The summed E-state index contributed by atoms with van der Waals surface area (Å²) in [6.45, 7) is 3.66. The van der Waals surface area contributed by atoms with E-state index in [1.54, 1.807) is 0 Å². The van der Waals surface area contributed by atoms with Gasteiger partial charge in [0.05, 0.1) is 6.10 Å². The standard InChI is InChI=1S/C23H29NO/c1-2-3-4-5-11-20(25)17-24-16-19-15-18-10-6-7-12-21(18)23-14-9-8-13-22(19)23/h6-10,12-15,20,24-25H,2-5,11,16-17H2,1H3. The number of aliphatic hydroxyl groups excluding tert-OH is 1. The summed E-state index contributed by atoms with van der Waals surface area (Å²) in [4.78, 5) is 0. The van der Waals surface area contributed by atoms with E-state index in [9.17, 15) is 5.11 Å². The van der Waals surface area contributed by atoms with Gasteiger partial charge in [-0.15, -0.1) is 0 Å². The molecule has 0 amide bonds. The Labute approximate surface area is 150 Å². The highest BCUT2D eigenvalue weighted by Gasteiger charge is 2.07. The molecule has 0 saturated carbocycles. The van der Waals surface area contributed by atoms with E-state index < -0.39 is 0 Å². The fourth-order valence-electron chi connectivity index (χ4n) is 3.56. The second-order valence-electron chi connectivity index (χ2n) is 6.94. The van der Waals surface area contributed by atoms with Crippen molar-refractivity contribution in [3.8, 4) is 0 Å². The molecule has 1 atom stereocenters. The summed E-state index contributed by atoms with van der Waals surface area (Å²) in [5.41, 5.74) is 1.30. The molecule has 0 aliphatic carbocycles. The first-order valence-corrected chi connectivity index (χ1v) is 9.57. The molecule has 3 rings (SSSR count). The Morgan fingerprint density at radius 1 is 0.880 bits per heavy atom. The van der Waals surface area contributed by atoms with Gasteiger partial charge in [-0.25, -0.2) is 0 Å². The monoisotopic (exact) mass is 335 g/mol. The highest BCUT2D eigenvalue weighted by atomic mass is 16.3. The number of rotatable bonds is 9. The SMILES string of the molecule is CCCCCCC(O)CNCc1cc2ccccc2c2ccccc12. The summed E-state index contributed by atoms with van der Waals surface area (Å²) in [5.74, 6) is 0. The molecule has 0 aromatic heterocycles. The average Bonchev–Trinajstić information content (AvgIpc) is 2.65. The summed E-state index contributed by atoms with van der Waals surface area (Å²) >= 11 is 0. The van der Waals surface area contributed by atoms with Crippen LogP contribution in [0.15, 0.2) is 54.6 Å². The molecule has 3 aromatic rings. The Kier molecular flexibility index (Phi) is 6.43. The summed E-state index contributed by atoms with van der Waals surface area (Å²) in [6.07, 6.45) is 5.50. The van der Waals surface area contributed by atoms with Crippen LogP contribution in [-0.4, -0.2) is 17.8 Å². The van der Waals surface area contributed by atoms with Crippen LogP contribution in [0.25, 0.3) is 21.5 Å². The fraction of sp³-hybridized carbons (Fsp3) is 0.391. The number of fused-ring (bicyclic) bond motifs is 3. The van der Waals surface area contributed by atoms with Crippen molar-refractivity contribution in [3.63, 3.8) is 0 Å². The molecule has 0 bridgehead atoms. The van der Waals surface area contributed by atoms with Gasteiger partial charge in [-0.3, -0.25) is 0 Å². The van der Waals surface area contributed by atoms with E-state index in [4.69, 9.17) is 0 Å². The van der Waals surface area contributed by atoms with Crippen LogP contribution in [0.1, 0.15) is 44.6 Å². The van der Waals surface area contributed by atoms with Crippen molar-refractivity contribution >= 4 is 21.5 Å². The third-order valence-corrected chi connectivity index (χ3v) is 4.94. The molecule has 25 heavy (non-hydrogen) atoms. The van der Waals surface area contributed by atoms with Gasteiger partial charge < -0.3 is 10.4 Å². The van der Waals surface area contributed by atoms with Crippen molar-refractivity contribution in [3.05, 3.63) is 60.2 Å². The number of benzene rings is 3. The molecule has 0 aliphatic heterocycles. The molecular formula is C23H29NO. The fourth-order valence-corrected chi connectivity index (χ4v) is 3.56. The third-order valence-electron chi connectivity index (χ3n) is 4.94. The van der Waals surface area contributed by atoms with Crippen LogP contribution < -0.4 is 5.32 Å². The van der Waals surface area contributed by atoms with E-state index >= 15 is 0 Å². The van der Waals surface area contributed by atoms with Gasteiger partial charge in [0.25, 0.3) is 0 Å². The molecule has 0 saturated heterocycles. The van der Waals surface area contributed by atoms with Crippen LogP contribution in [0.2, 0.25) is 0 Å². The topological polar surface area (TPSA) is 32.3 Å². The second-order valence-corrected chi connectivity index (χ2v) is 6.94. The van der Waals surface area contributed by atoms with Crippen molar-refractivity contribution in [2.45, 2.75) is 51.7 Å². The van der Waals surface area contributed by atoms with Crippen LogP contribution >= 0.6 is 0 Å². The number of hydrogen-bond donors (Lipinski definition) is 2. The molecule has 3 aromatic carbocycles. The molecular weight excluding hydrogens is 306 g/mol. The van der Waals surface area contributed by atoms with Gasteiger partial charge in [0.2, 0.25) is 0 Å². The lowest BCUT2D eigenvalue weighted by molar-refractivity contribution is 0.157. The van der Waals surface area contributed by atoms with Crippen LogP contribution in [0, 0.1) is 0 Å². The predicted octanol–water partition coefficient (Wildman–Crippen LogP) is 5.41. The number of hydrogen-bond acceptors (Lipinski definition) is 2. The van der Waals surface area contributed by atoms with Gasteiger partial charge in [0.1, 0.15) is 0 Å². The highest BCUT2D eigenvalue weighted by Crippen LogP contribution is 2.28. The number of aliphatic hydroxyl groups is 1. The lowest BCUT2D eigenvalue weighted by Gasteiger charge is -2.14. The molecule has 1 unspecified atom stereocenters. The molecule has 0 spiro atoms. The van der Waals surface area contributed by atoms with E-state index in [2.05, 4.69) is 66.8 Å². The number of nitrogens with one attached hydrogen (secondary N) is 1. The average molecular weight is 335 g/mol. The zero-order chi connectivity index (χ0) is 17.5. The lowest BCUT2D eigenvalue weighted by atomic mass is 9.97. The van der Waals surface area contributed by atoms with Crippen molar-refractivity contribution in [2.75, 3.05) is 6.54 Å². The molecule has 132 valence electrons. The Hall–Kier alpha value is -1.90. The summed E-state index contributed by atoms with van der Waals surface area (Å²) < 4.78 is 0. The minimum Gasteiger partial charge on any atom is -0.392 e. The van der Waals surface area contributed by atoms with Gasteiger partial charge in [-0.05, 0) is 39.6 Å². The van der Waals surface area contributed by atoms with Gasteiger partial charge >= 0.3 is 0 Å². The lowest BCUT2D eigenvalue weighted by Crippen LogP contribution is -2.26. The first-order chi connectivity index (χ1) is 12.3. The smallest absolute Gasteiger partial charge is 0.0664 e. The van der Waals surface area contributed by atoms with Crippen molar-refractivity contribution in [1.29, 1.82) is 0 Å². The largest absolute Gasteiger partial charge is 0.392 e. The van der Waals surface area contributed by atoms with E-state index in [1.807, 2.05) is 0 Å². The summed E-state index contributed by atoms with van der Waals surface area (Å²) in [7, 11) is 0. The summed E-state index contributed by atoms with van der Waals surface area (Å²) in [5, 5.41) is 18.8.